The van der Waals surface area contributed by atoms with Gasteiger partial charge >= 0.3 is 0 Å². The molecule has 112 valence electrons. The molecule has 1 amide bonds. The summed E-state index contributed by atoms with van der Waals surface area (Å²) in [7, 11) is 0. The van der Waals surface area contributed by atoms with Crippen molar-refractivity contribution in [1.29, 1.82) is 0 Å². The molecule has 3 heteroatoms. The summed E-state index contributed by atoms with van der Waals surface area (Å²) in [6.45, 7) is 2.84. The minimum absolute atomic E-state index is 0.159. The summed E-state index contributed by atoms with van der Waals surface area (Å²) in [4.78, 5) is 15.0. The first-order valence-electron chi connectivity index (χ1n) is 8.00. The maximum atomic E-state index is 13.0. The zero-order chi connectivity index (χ0) is 14.9. The Balaban J connectivity index is 1.63. The van der Waals surface area contributed by atoms with Gasteiger partial charge in [0, 0.05) is 24.7 Å². The van der Waals surface area contributed by atoms with Gasteiger partial charge in [-0.15, -0.1) is 0 Å². The van der Waals surface area contributed by atoms with Crippen molar-refractivity contribution in [2.24, 2.45) is 5.92 Å². The van der Waals surface area contributed by atoms with Crippen LogP contribution in [0.4, 0.5) is 0 Å². The van der Waals surface area contributed by atoms with Gasteiger partial charge in [0.05, 0.1) is 0 Å². The number of rotatable bonds is 2. The molecule has 2 fully saturated rings. The fourth-order valence-corrected chi connectivity index (χ4v) is 3.51. The van der Waals surface area contributed by atoms with E-state index in [9.17, 15) is 4.79 Å². The fourth-order valence-electron chi connectivity index (χ4n) is 3.51. The summed E-state index contributed by atoms with van der Waals surface area (Å²) < 4.78 is 0. The predicted molar refractivity (Wildman–Crippen MR) is 87.7 cm³/mol. The van der Waals surface area contributed by atoms with Gasteiger partial charge in [-0.1, -0.05) is 48.5 Å². The first-order chi connectivity index (χ1) is 10.8. The van der Waals surface area contributed by atoms with E-state index in [0.717, 1.165) is 48.7 Å². The van der Waals surface area contributed by atoms with Crippen LogP contribution >= 0.6 is 0 Å². The minimum Gasteiger partial charge on any atom is -0.337 e. The Morgan fingerprint density at radius 3 is 2.55 bits per heavy atom. The normalized spacial score (nSPS) is 23.5. The quantitative estimate of drug-likeness (QED) is 0.923. The van der Waals surface area contributed by atoms with Crippen LogP contribution in [0.2, 0.25) is 0 Å². The molecular weight excluding hydrogens is 272 g/mol. The molecule has 2 aliphatic rings. The van der Waals surface area contributed by atoms with Crippen LogP contribution in [-0.4, -0.2) is 36.5 Å². The van der Waals surface area contributed by atoms with Gasteiger partial charge in [0.15, 0.2) is 0 Å². The number of nitrogens with one attached hydrogen (secondary N) is 1. The van der Waals surface area contributed by atoms with E-state index in [1.807, 2.05) is 47.4 Å². The molecule has 22 heavy (non-hydrogen) atoms. The lowest BCUT2D eigenvalue weighted by atomic mass is 9.84. The highest BCUT2D eigenvalue weighted by molar-refractivity contribution is 6.01. The molecule has 2 aliphatic heterocycles. The number of carbonyl (C=O) groups is 1. The third-order valence-electron chi connectivity index (χ3n) is 4.93. The number of amides is 1. The molecule has 2 atom stereocenters. The predicted octanol–water partition coefficient (Wildman–Crippen LogP) is 2.79. The molecule has 0 aliphatic carbocycles. The number of fused-ring (bicyclic) bond motifs is 1. The smallest absolute Gasteiger partial charge is 0.254 e. The number of hydrogen-bond acceptors (Lipinski definition) is 2. The highest BCUT2D eigenvalue weighted by Crippen LogP contribution is 2.28. The van der Waals surface area contributed by atoms with E-state index in [0.29, 0.717) is 6.04 Å². The Bertz CT molecular complexity index is 683. The van der Waals surface area contributed by atoms with Crippen LogP contribution < -0.4 is 5.32 Å². The van der Waals surface area contributed by atoms with Gasteiger partial charge in [0.25, 0.3) is 5.91 Å². The molecular formula is C19H20N2O. The van der Waals surface area contributed by atoms with Crippen LogP contribution in [0.15, 0.2) is 54.6 Å². The van der Waals surface area contributed by atoms with Gasteiger partial charge in [0.1, 0.15) is 0 Å². The maximum Gasteiger partial charge on any atom is 0.254 e. The Morgan fingerprint density at radius 2 is 1.82 bits per heavy atom. The van der Waals surface area contributed by atoms with Gasteiger partial charge in [-0.3, -0.25) is 4.79 Å². The van der Waals surface area contributed by atoms with Gasteiger partial charge < -0.3 is 10.2 Å². The van der Waals surface area contributed by atoms with E-state index in [4.69, 9.17) is 0 Å². The average Bonchev–Trinajstić information content (AvgIpc) is 2.56. The lowest BCUT2D eigenvalue weighted by Gasteiger charge is -2.46. The van der Waals surface area contributed by atoms with E-state index in [1.54, 1.807) is 0 Å². The minimum atomic E-state index is 0.159. The summed E-state index contributed by atoms with van der Waals surface area (Å²) in [5.41, 5.74) is 2.94. The monoisotopic (exact) mass is 292 g/mol. The maximum absolute atomic E-state index is 13.0. The molecule has 0 radical (unpaired) electrons. The lowest BCUT2D eigenvalue weighted by Crippen LogP contribution is -2.62. The van der Waals surface area contributed by atoms with Crippen molar-refractivity contribution in [2.75, 3.05) is 19.6 Å². The molecule has 0 saturated carbocycles. The number of benzene rings is 2. The molecule has 0 aromatic heterocycles. The summed E-state index contributed by atoms with van der Waals surface area (Å²) in [6, 6.07) is 18.6. The zero-order valence-corrected chi connectivity index (χ0v) is 12.5. The molecule has 0 bridgehead atoms. The highest BCUT2D eigenvalue weighted by atomic mass is 16.2. The molecule has 2 aromatic carbocycles. The fraction of sp³-hybridized carbons (Fsp3) is 0.316. The van der Waals surface area contributed by atoms with Gasteiger partial charge in [-0.2, -0.15) is 0 Å². The van der Waals surface area contributed by atoms with Crippen LogP contribution in [0.1, 0.15) is 16.8 Å². The molecule has 2 saturated heterocycles. The van der Waals surface area contributed by atoms with Crippen LogP contribution in [0.5, 0.6) is 0 Å². The van der Waals surface area contributed by atoms with Gasteiger partial charge in [-0.05, 0) is 36.1 Å². The molecule has 2 aromatic rings. The summed E-state index contributed by atoms with van der Waals surface area (Å²) in [5.74, 6) is 0.931. The van der Waals surface area contributed by atoms with Gasteiger partial charge in [-0.25, -0.2) is 0 Å². The second-order valence-electron chi connectivity index (χ2n) is 6.23. The molecule has 4 rings (SSSR count). The zero-order valence-electron chi connectivity index (χ0n) is 12.5. The average molecular weight is 292 g/mol. The number of hydrogen-bond donors (Lipinski definition) is 1. The Kier molecular flexibility index (Phi) is 3.43. The molecule has 0 spiro atoms. The van der Waals surface area contributed by atoms with Crippen molar-refractivity contribution in [3.8, 4) is 11.1 Å². The number of piperidine rings is 1. The first-order valence-corrected chi connectivity index (χ1v) is 8.00. The summed E-state index contributed by atoms with van der Waals surface area (Å²) >= 11 is 0. The van der Waals surface area contributed by atoms with Crippen molar-refractivity contribution in [1.82, 2.24) is 10.2 Å². The third-order valence-corrected chi connectivity index (χ3v) is 4.93. The largest absolute Gasteiger partial charge is 0.337 e. The van der Waals surface area contributed by atoms with Crippen molar-refractivity contribution in [3.05, 3.63) is 60.2 Å². The van der Waals surface area contributed by atoms with Crippen molar-refractivity contribution >= 4 is 5.91 Å². The van der Waals surface area contributed by atoms with Crippen LogP contribution in [-0.2, 0) is 0 Å². The highest BCUT2D eigenvalue weighted by Gasteiger charge is 2.37. The van der Waals surface area contributed by atoms with Crippen LogP contribution in [0, 0.1) is 5.92 Å². The Morgan fingerprint density at radius 1 is 1.05 bits per heavy atom. The SMILES string of the molecule is O=C(c1ccccc1-c1ccccc1)N1CCC2CNC2C1. The first kappa shape index (κ1) is 13.5. The van der Waals surface area contributed by atoms with Crippen LogP contribution in [0.25, 0.3) is 11.1 Å². The lowest BCUT2D eigenvalue weighted by molar-refractivity contribution is 0.0519. The van der Waals surface area contributed by atoms with Crippen molar-refractivity contribution in [2.45, 2.75) is 12.5 Å². The van der Waals surface area contributed by atoms with E-state index in [1.165, 1.54) is 0 Å². The van der Waals surface area contributed by atoms with E-state index >= 15 is 0 Å². The number of likely N-dealkylation sites (tertiary alicyclic amines) is 1. The topological polar surface area (TPSA) is 32.3 Å². The number of nitrogens with zero attached hydrogens (tertiary/aromatic N) is 1. The Labute approximate surface area is 131 Å². The molecule has 2 unspecified atom stereocenters. The standard InChI is InChI=1S/C19H20N2O/c22-19(21-11-10-15-12-20-18(15)13-21)17-9-5-4-8-16(17)14-6-2-1-3-7-14/h1-9,15,18,20H,10-13H2. The molecule has 1 N–H and O–H groups in total. The third kappa shape index (κ3) is 2.32. The summed E-state index contributed by atoms with van der Waals surface area (Å²) in [5, 5.41) is 3.44. The van der Waals surface area contributed by atoms with E-state index in [-0.39, 0.29) is 5.91 Å². The summed E-state index contributed by atoms with van der Waals surface area (Å²) in [6.07, 6.45) is 1.12. The van der Waals surface area contributed by atoms with Crippen molar-refractivity contribution in [3.63, 3.8) is 0 Å². The van der Waals surface area contributed by atoms with Gasteiger partial charge in [0.2, 0.25) is 0 Å². The Hall–Kier alpha value is -2.13. The number of carbonyl (C=O) groups excluding carboxylic acids is 1. The molecule has 3 nitrogen and oxygen atoms in total. The molecule has 2 heterocycles. The van der Waals surface area contributed by atoms with Crippen molar-refractivity contribution < 1.29 is 4.79 Å². The second kappa shape index (κ2) is 5.58. The van der Waals surface area contributed by atoms with Crippen LogP contribution in [0.3, 0.4) is 0 Å². The van der Waals surface area contributed by atoms with E-state index in [2.05, 4.69) is 17.4 Å². The second-order valence-corrected chi connectivity index (χ2v) is 6.23. The van der Waals surface area contributed by atoms with E-state index < -0.39 is 0 Å².